The highest BCUT2D eigenvalue weighted by atomic mass is 79.9. The number of aryl methyl sites for hydroxylation is 2. The summed E-state index contributed by atoms with van der Waals surface area (Å²) in [7, 11) is 1.60. The molecule has 0 aliphatic heterocycles. The van der Waals surface area contributed by atoms with Crippen LogP contribution in [0.4, 0.5) is 0 Å². The first-order chi connectivity index (χ1) is 13.6. The number of hydrogen-bond donors (Lipinski definition) is 0. The second-order valence-corrected chi connectivity index (χ2v) is 8.43. The molecule has 0 atom stereocenters. The molecule has 0 spiro atoms. The standard InChI is InChI=1S/C20H20BrN3O3S/c1-3-27-15-9-12(8-14(21)18(15)26-2)10-23-24-11-22-19-17(20(24)25)13-6-4-5-7-16(13)28-19/h8-11H,3-7H2,1-2H3. The Hall–Kier alpha value is -2.19. The number of fused-ring (bicyclic) bond motifs is 3. The summed E-state index contributed by atoms with van der Waals surface area (Å²) in [4.78, 5) is 19.6. The van der Waals surface area contributed by atoms with Gasteiger partial charge in [-0.15, -0.1) is 11.3 Å². The quantitative estimate of drug-likeness (QED) is 0.528. The summed E-state index contributed by atoms with van der Waals surface area (Å²) in [6.07, 6.45) is 7.41. The molecule has 0 saturated carbocycles. The Morgan fingerprint density at radius 3 is 2.96 bits per heavy atom. The van der Waals surface area contributed by atoms with E-state index >= 15 is 0 Å². The molecule has 6 nitrogen and oxygen atoms in total. The number of aromatic nitrogens is 2. The second kappa shape index (κ2) is 8.05. The van der Waals surface area contributed by atoms with Crippen LogP contribution in [0.15, 0.2) is 32.8 Å². The average Bonchev–Trinajstić information content (AvgIpc) is 3.07. The van der Waals surface area contributed by atoms with Crippen molar-refractivity contribution in [3.05, 3.63) is 49.3 Å². The predicted octanol–water partition coefficient (Wildman–Crippen LogP) is 4.39. The van der Waals surface area contributed by atoms with Gasteiger partial charge in [0.05, 0.1) is 29.8 Å². The predicted molar refractivity (Wildman–Crippen MR) is 115 cm³/mol. The van der Waals surface area contributed by atoms with Gasteiger partial charge in [-0.1, -0.05) is 0 Å². The minimum atomic E-state index is -0.113. The molecule has 0 unspecified atom stereocenters. The first-order valence-corrected chi connectivity index (χ1v) is 10.8. The molecule has 1 aliphatic carbocycles. The SMILES string of the molecule is CCOc1cc(C=Nn2cnc3sc4c(c3c2=O)CCCC4)cc(Br)c1OC. The lowest BCUT2D eigenvalue weighted by Crippen LogP contribution is -2.18. The van der Waals surface area contributed by atoms with Gasteiger partial charge in [0.15, 0.2) is 11.5 Å². The number of methoxy groups -OCH3 is 1. The van der Waals surface area contributed by atoms with Crippen LogP contribution >= 0.6 is 27.3 Å². The van der Waals surface area contributed by atoms with Crippen molar-refractivity contribution in [3.8, 4) is 11.5 Å². The van der Waals surface area contributed by atoms with Crippen molar-refractivity contribution in [2.24, 2.45) is 5.10 Å². The van der Waals surface area contributed by atoms with Gasteiger partial charge in [0.1, 0.15) is 11.2 Å². The molecule has 0 saturated heterocycles. The number of benzene rings is 1. The molecule has 0 radical (unpaired) electrons. The van der Waals surface area contributed by atoms with E-state index in [1.807, 2.05) is 19.1 Å². The Balaban J connectivity index is 1.73. The van der Waals surface area contributed by atoms with Crippen LogP contribution in [-0.2, 0) is 12.8 Å². The van der Waals surface area contributed by atoms with E-state index in [0.29, 0.717) is 18.1 Å². The molecule has 0 amide bonds. The summed E-state index contributed by atoms with van der Waals surface area (Å²) in [5.41, 5.74) is 1.84. The molecular formula is C20H20BrN3O3S. The summed E-state index contributed by atoms with van der Waals surface area (Å²) in [6, 6.07) is 3.70. The van der Waals surface area contributed by atoms with Gasteiger partial charge in [-0.2, -0.15) is 9.78 Å². The lowest BCUT2D eigenvalue weighted by molar-refractivity contribution is 0.310. The fraction of sp³-hybridized carbons (Fsp3) is 0.350. The molecule has 1 aliphatic rings. The Labute approximate surface area is 174 Å². The van der Waals surface area contributed by atoms with Crippen molar-refractivity contribution in [1.29, 1.82) is 0 Å². The van der Waals surface area contributed by atoms with E-state index < -0.39 is 0 Å². The third-order valence-corrected chi connectivity index (χ3v) is 6.51. The van der Waals surface area contributed by atoms with Gasteiger partial charge in [0.25, 0.3) is 5.56 Å². The van der Waals surface area contributed by atoms with Gasteiger partial charge in [-0.05, 0) is 71.8 Å². The Bertz CT molecular complexity index is 1120. The van der Waals surface area contributed by atoms with Gasteiger partial charge in [0, 0.05) is 4.88 Å². The van der Waals surface area contributed by atoms with Gasteiger partial charge in [0.2, 0.25) is 0 Å². The zero-order chi connectivity index (χ0) is 19.7. The Morgan fingerprint density at radius 1 is 1.36 bits per heavy atom. The summed E-state index contributed by atoms with van der Waals surface area (Å²) in [5, 5.41) is 5.08. The minimum Gasteiger partial charge on any atom is -0.492 e. The van der Waals surface area contributed by atoms with E-state index in [9.17, 15) is 4.79 Å². The lowest BCUT2D eigenvalue weighted by atomic mass is 9.97. The zero-order valence-electron chi connectivity index (χ0n) is 15.7. The summed E-state index contributed by atoms with van der Waals surface area (Å²) in [5.74, 6) is 1.25. The average molecular weight is 462 g/mol. The number of halogens is 1. The van der Waals surface area contributed by atoms with Crippen LogP contribution in [-0.4, -0.2) is 29.6 Å². The fourth-order valence-electron chi connectivity index (χ4n) is 3.47. The highest BCUT2D eigenvalue weighted by molar-refractivity contribution is 9.10. The molecule has 4 rings (SSSR count). The molecule has 3 aromatic rings. The minimum absolute atomic E-state index is 0.113. The fourth-order valence-corrected chi connectivity index (χ4v) is 5.31. The summed E-state index contributed by atoms with van der Waals surface area (Å²) >= 11 is 5.13. The third kappa shape index (κ3) is 3.46. The molecule has 28 heavy (non-hydrogen) atoms. The highest BCUT2D eigenvalue weighted by Crippen LogP contribution is 2.36. The van der Waals surface area contributed by atoms with E-state index in [4.69, 9.17) is 9.47 Å². The Morgan fingerprint density at radius 2 is 2.18 bits per heavy atom. The number of ether oxygens (including phenoxy) is 2. The maximum atomic E-state index is 13.0. The lowest BCUT2D eigenvalue weighted by Gasteiger charge is -2.11. The molecule has 2 aromatic heterocycles. The molecule has 0 bridgehead atoms. The maximum absolute atomic E-state index is 13.0. The zero-order valence-corrected chi connectivity index (χ0v) is 18.1. The molecule has 0 fully saturated rings. The van der Waals surface area contributed by atoms with Crippen LogP contribution in [0.1, 0.15) is 35.8 Å². The first kappa shape index (κ1) is 19.1. The molecule has 1 aromatic carbocycles. The van der Waals surface area contributed by atoms with E-state index in [2.05, 4.69) is 26.0 Å². The smallest absolute Gasteiger partial charge is 0.282 e. The molecule has 0 N–H and O–H groups in total. The van der Waals surface area contributed by atoms with Crippen molar-refractivity contribution in [2.75, 3.05) is 13.7 Å². The summed E-state index contributed by atoms with van der Waals surface area (Å²) < 4.78 is 13.1. The van der Waals surface area contributed by atoms with Crippen LogP contribution in [0.25, 0.3) is 10.2 Å². The van der Waals surface area contributed by atoms with Crippen molar-refractivity contribution in [1.82, 2.24) is 9.66 Å². The van der Waals surface area contributed by atoms with Crippen LogP contribution in [0, 0.1) is 0 Å². The van der Waals surface area contributed by atoms with Crippen LogP contribution < -0.4 is 15.0 Å². The maximum Gasteiger partial charge on any atom is 0.282 e. The van der Waals surface area contributed by atoms with Crippen molar-refractivity contribution >= 4 is 43.7 Å². The Kier molecular flexibility index (Phi) is 5.50. The van der Waals surface area contributed by atoms with Gasteiger partial charge in [-0.25, -0.2) is 4.98 Å². The van der Waals surface area contributed by atoms with Crippen molar-refractivity contribution in [2.45, 2.75) is 32.6 Å². The second-order valence-electron chi connectivity index (χ2n) is 6.50. The van der Waals surface area contributed by atoms with E-state index in [1.165, 1.54) is 27.9 Å². The summed E-state index contributed by atoms with van der Waals surface area (Å²) in [6.45, 7) is 2.43. The highest BCUT2D eigenvalue weighted by Gasteiger charge is 2.19. The van der Waals surface area contributed by atoms with E-state index in [1.54, 1.807) is 24.7 Å². The first-order valence-electron chi connectivity index (χ1n) is 9.19. The van der Waals surface area contributed by atoms with Gasteiger partial charge < -0.3 is 9.47 Å². The number of thiophene rings is 1. The van der Waals surface area contributed by atoms with E-state index in [0.717, 1.165) is 39.5 Å². The number of hydrogen-bond acceptors (Lipinski definition) is 6. The molecule has 8 heteroatoms. The number of rotatable bonds is 5. The van der Waals surface area contributed by atoms with Gasteiger partial charge >= 0.3 is 0 Å². The van der Waals surface area contributed by atoms with Crippen molar-refractivity contribution < 1.29 is 9.47 Å². The van der Waals surface area contributed by atoms with E-state index in [-0.39, 0.29) is 5.56 Å². The van der Waals surface area contributed by atoms with Crippen LogP contribution in [0.3, 0.4) is 0 Å². The topological polar surface area (TPSA) is 65.7 Å². The number of nitrogens with zero attached hydrogens (tertiary/aromatic N) is 3. The largest absolute Gasteiger partial charge is 0.492 e. The molecule has 146 valence electrons. The van der Waals surface area contributed by atoms with Gasteiger partial charge in [-0.3, -0.25) is 4.79 Å². The monoisotopic (exact) mass is 461 g/mol. The van der Waals surface area contributed by atoms with Crippen LogP contribution in [0.2, 0.25) is 0 Å². The normalized spacial score (nSPS) is 13.8. The molecular weight excluding hydrogens is 442 g/mol. The van der Waals surface area contributed by atoms with Crippen LogP contribution in [0.5, 0.6) is 11.5 Å². The van der Waals surface area contributed by atoms with Crippen molar-refractivity contribution in [3.63, 3.8) is 0 Å². The third-order valence-electron chi connectivity index (χ3n) is 4.73. The molecule has 2 heterocycles.